The smallest absolute Gasteiger partial charge is 0.264 e. The van der Waals surface area contributed by atoms with E-state index in [9.17, 15) is 18.0 Å². The van der Waals surface area contributed by atoms with Crippen LogP contribution in [-0.4, -0.2) is 58.5 Å². The van der Waals surface area contributed by atoms with Crippen LogP contribution in [0.3, 0.4) is 0 Å². The molecule has 9 nitrogen and oxygen atoms in total. The van der Waals surface area contributed by atoms with E-state index in [1.165, 1.54) is 31.3 Å². The van der Waals surface area contributed by atoms with Crippen molar-refractivity contribution in [2.45, 2.75) is 37.8 Å². The summed E-state index contributed by atoms with van der Waals surface area (Å²) in [6.45, 7) is 3.93. The topological polar surface area (TPSA) is 105 Å². The summed E-state index contributed by atoms with van der Waals surface area (Å²) in [7, 11) is -1.36. The van der Waals surface area contributed by atoms with Crippen molar-refractivity contribution >= 4 is 27.5 Å². The Labute approximate surface area is 271 Å². The predicted octanol–water partition coefficient (Wildman–Crippen LogP) is 5.31. The summed E-state index contributed by atoms with van der Waals surface area (Å²) in [5, 5.41) is 3.00. The van der Waals surface area contributed by atoms with Gasteiger partial charge >= 0.3 is 0 Å². The number of rotatable bonds is 15. The quantitative estimate of drug-likeness (QED) is 0.188. The van der Waals surface area contributed by atoms with Crippen LogP contribution in [0.25, 0.3) is 0 Å². The summed E-state index contributed by atoms with van der Waals surface area (Å²) >= 11 is 0. The molecule has 4 aromatic rings. The number of carbonyl (C=O) groups is 2. The van der Waals surface area contributed by atoms with Crippen molar-refractivity contribution in [3.63, 3.8) is 0 Å². The van der Waals surface area contributed by atoms with E-state index in [4.69, 9.17) is 9.47 Å². The van der Waals surface area contributed by atoms with Gasteiger partial charge in [0.25, 0.3) is 10.0 Å². The molecule has 0 aliphatic rings. The first-order chi connectivity index (χ1) is 22.1. The fraction of sp³-hybridized carbons (Fsp3) is 0.278. The molecule has 242 valence electrons. The van der Waals surface area contributed by atoms with Crippen LogP contribution >= 0.6 is 0 Å². The van der Waals surface area contributed by atoms with Gasteiger partial charge in [-0.1, -0.05) is 86.6 Å². The second kappa shape index (κ2) is 15.9. The molecule has 10 heteroatoms. The van der Waals surface area contributed by atoms with Gasteiger partial charge in [-0.25, -0.2) is 8.42 Å². The van der Waals surface area contributed by atoms with Gasteiger partial charge in [0.1, 0.15) is 24.1 Å². The van der Waals surface area contributed by atoms with E-state index in [1.54, 1.807) is 36.4 Å². The van der Waals surface area contributed by atoms with Crippen LogP contribution in [0.15, 0.2) is 114 Å². The number of carbonyl (C=O) groups excluding carboxylic acids is 2. The first-order valence-electron chi connectivity index (χ1n) is 15.1. The molecule has 0 fully saturated rings. The second-order valence-corrected chi connectivity index (χ2v) is 13.1. The highest BCUT2D eigenvalue weighted by Crippen LogP contribution is 2.33. The van der Waals surface area contributed by atoms with Crippen LogP contribution in [0.1, 0.15) is 25.0 Å². The molecule has 0 heterocycles. The Morgan fingerprint density at radius 3 is 1.93 bits per heavy atom. The largest absolute Gasteiger partial charge is 0.497 e. The standard InChI is InChI=1S/C36H41N3O6S/c1-27(2)24-37-36(41)33(23-28-13-7-5-8-14-28)38(25-29-15-9-6-10-16-29)35(40)26-39(32-17-11-12-18-34(32)45-4)46(42,43)31-21-19-30(44-3)20-22-31/h5-22,27,33H,23-26H2,1-4H3,(H,37,41)/t33-/m0/s1. The number of sulfonamides is 1. The summed E-state index contributed by atoms with van der Waals surface area (Å²) in [6.07, 6.45) is 0.239. The number of anilines is 1. The maximum Gasteiger partial charge on any atom is 0.264 e. The average Bonchev–Trinajstić information content (AvgIpc) is 3.08. The van der Waals surface area contributed by atoms with Gasteiger partial charge in [-0.3, -0.25) is 13.9 Å². The Balaban J connectivity index is 1.81. The molecule has 4 aromatic carbocycles. The molecular weight excluding hydrogens is 602 g/mol. The highest BCUT2D eigenvalue weighted by Gasteiger charge is 2.35. The number of ether oxygens (including phenoxy) is 2. The molecule has 2 amide bonds. The van der Waals surface area contributed by atoms with Crippen molar-refractivity contribution in [3.05, 3.63) is 120 Å². The third-order valence-electron chi connectivity index (χ3n) is 7.43. The molecule has 0 spiro atoms. The lowest BCUT2D eigenvalue weighted by Gasteiger charge is -2.34. The summed E-state index contributed by atoms with van der Waals surface area (Å²) < 4.78 is 40.3. The number of methoxy groups -OCH3 is 2. The van der Waals surface area contributed by atoms with Crippen molar-refractivity contribution in [1.29, 1.82) is 0 Å². The van der Waals surface area contributed by atoms with E-state index in [2.05, 4.69) is 5.32 Å². The third-order valence-corrected chi connectivity index (χ3v) is 9.21. The van der Waals surface area contributed by atoms with Gasteiger partial charge in [0.15, 0.2) is 0 Å². The number of benzene rings is 4. The van der Waals surface area contributed by atoms with Crippen LogP contribution in [0.2, 0.25) is 0 Å². The zero-order chi connectivity index (χ0) is 33.1. The van der Waals surface area contributed by atoms with Gasteiger partial charge in [0, 0.05) is 19.5 Å². The molecule has 0 bridgehead atoms. The van der Waals surface area contributed by atoms with Crippen molar-refractivity contribution in [1.82, 2.24) is 10.2 Å². The number of hydrogen-bond donors (Lipinski definition) is 1. The predicted molar refractivity (Wildman–Crippen MR) is 179 cm³/mol. The van der Waals surface area contributed by atoms with Crippen LogP contribution < -0.4 is 19.1 Å². The molecule has 0 saturated carbocycles. The van der Waals surface area contributed by atoms with E-state index in [1.807, 2.05) is 74.5 Å². The number of hydrogen-bond acceptors (Lipinski definition) is 6. The molecular formula is C36H41N3O6S. The highest BCUT2D eigenvalue weighted by atomic mass is 32.2. The van der Waals surface area contributed by atoms with Crippen molar-refractivity contribution in [2.24, 2.45) is 5.92 Å². The summed E-state index contributed by atoms with van der Waals surface area (Å²) in [5.41, 5.74) is 1.86. The normalized spacial score (nSPS) is 11.8. The van der Waals surface area contributed by atoms with E-state index in [-0.39, 0.29) is 41.1 Å². The zero-order valence-corrected chi connectivity index (χ0v) is 27.4. The summed E-state index contributed by atoms with van der Waals surface area (Å²) in [6, 6.07) is 30.5. The Kier molecular flexibility index (Phi) is 11.8. The molecule has 0 aromatic heterocycles. The number of amides is 2. The number of nitrogens with one attached hydrogen (secondary N) is 1. The molecule has 46 heavy (non-hydrogen) atoms. The second-order valence-electron chi connectivity index (χ2n) is 11.2. The third kappa shape index (κ3) is 8.66. The molecule has 0 aliphatic carbocycles. The maximum atomic E-state index is 14.6. The molecule has 0 radical (unpaired) electrons. The lowest BCUT2D eigenvalue weighted by molar-refractivity contribution is -0.140. The van der Waals surface area contributed by atoms with Gasteiger partial charge < -0.3 is 19.7 Å². The van der Waals surface area contributed by atoms with Crippen molar-refractivity contribution in [3.8, 4) is 11.5 Å². The fourth-order valence-corrected chi connectivity index (χ4v) is 6.41. The van der Waals surface area contributed by atoms with Gasteiger partial charge in [0.05, 0.1) is 24.8 Å². The molecule has 1 N–H and O–H groups in total. The van der Waals surface area contributed by atoms with Crippen molar-refractivity contribution in [2.75, 3.05) is 31.6 Å². The first-order valence-corrected chi connectivity index (χ1v) is 16.5. The summed E-state index contributed by atoms with van der Waals surface area (Å²) in [5.74, 6) is 0.0908. The maximum absolute atomic E-state index is 14.6. The highest BCUT2D eigenvalue weighted by molar-refractivity contribution is 7.92. The first kappa shape index (κ1) is 34.1. The fourth-order valence-electron chi connectivity index (χ4n) is 4.98. The molecule has 4 rings (SSSR count). The minimum absolute atomic E-state index is 0.0304. The SMILES string of the molecule is COc1ccc(S(=O)(=O)N(CC(=O)N(Cc2ccccc2)[C@@H](Cc2ccccc2)C(=O)NCC(C)C)c2ccccc2OC)cc1. The Morgan fingerprint density at radius 2 is 1.35 bits per heavy atom. The van der Waals surface area contributed by atoms with E-state index in [0.29, 0.717) is 12.3 Å². The molecule has 0 unspecified atom stereocenters. The van der Waals surface area contributed by atoms with E-state index < -0.39 is 28.5 Å². The Bertz CT molecular complexity index is 1680. The van der Waals surface area contributed by atoms with Gasteiger partial charge in [-0.15, -0.1) is 0 Å². The minimum atomic E-state index is -4.29. The van der Waals surface area contributed by atoms with Crippen LogP contribution in [0.4, 0.5) is 5.69 Å². The van der Waals surface area contributed by atoms with E-state index >= 15 is 0 Å². The molecule has 0 aliphatic heterocycles. The summed E-state index contributed by atoms with van der Waals surface area (Å²) in [4.78, 5) is 29.9. The zero-order valence-electron chi connectivity index (χ0n) is 26.6. The van der Waals surface area contributed by atoms with Crippen molar-refractivity contribution < 1.29 is 27.5 Å². The lowest BCUT2D eigenvalue weighted by atomic mass is 10.0. The van der Waals surface area contributed by atoms with Crippen LogP contribution in [0, 0.1) is 5.92 Å². The molecule has 1 atom stereocenters. The molecule has 0 saturated heterocycles. The van der Waals surface area contributed by atoms with Gasteiger partial charge in [0.2, 0.25) is 11.8 Å². The Hall–Kier alpha value is -4.83. The monoisotopic (exact) mass is 643 g/mol. The lowest BCUT2D eigenvalue weighted by Crippen LogP contribution is -2.53. The van der Waals surface area contributed by atoms with E-state index in [0.717, 1.165) is 15.4 Å². The van der Waals surface area contributed by atoms with Gasteiger partial charge in [-0.2, -0.15) is 0 Å². The van der Waals surface area contributed by atoms with Gasteiger partial charge in [-0.05, 0) is 53.4 Å². The number of para-hydroxylation sites is 2. The minimum Gasteiger partial charge on any atom is -0.497 e. The number of nitrogens with zero attached hydrogens (tertiary/aromatic N) is 2. The average molecular weight is 644 g/mol. The van der Waals surface area contributed by atoms with Crippen LogP contribution in [-0.2, 0) is 32.6 Å². The van der Waals surface area contributed by atoms with Crippen LogP contribution in [0.5, 0.6) is 11.5 Å². The Morgan fingerprint density at radius 1 is 0.761 bits per heavy atom.